The standard InChI is InChI=1S/C15H10FNO/c16-13-9-6-12(7-10-13)8-11-15(18)17-14-4-2-1-3-5-14/h1-7,9-10H,(H,17,18). The summed E-state index contributed by atoms with van der Waals surface area (Å²) in [6.45, 7) is 0. The smallest absolute Gasteiger partial charge is 0.300 e. The van der Waals surface area contributed by atoms with Gasteiger partial charge in [0.15, 0.2) is 0 Å². The molecule has 0 aliphatic heterocycles. The second kappa shape index (κ2) is 5.65. The normalized spacial score (nSPS) is 9.17. The number of carbonyl (C=O) groups excluding carboxylic acids is 1. The van der Waals surface area contributed by atoms with Crippen LogP contribution in [0.5, 0.6) is 0 Å². The summed E-state index contributed by atoms with van der Waals surface area (Å²) in [6, 6.07) is 14.7. The maximum Gasteiger partial charge on any atom is 0.300 e. The molecule has 0 heterocycles. The van der Waals surface area contributed by atoms with Crippen LogP contribution < -0.4 is 5.32 Å². The van der Waals surface area contributed by atoms with Gasteiger partial charge in [-0.05, 0) is 36.4 Å². The van der Waals surface area contributed by atoms with Crippen LogP contribution in [0.2, 0.25) is 0 Å². The first-order valence-electron chi connectivity index (χ1n) is 5.38. The number of hydrogen-bond donors (Lipinski definition) is 1. The summed E-state index contributed by atoms with van der Waals surface area (Å²) < 4.78 is 12.6. The predicted octanol–water partition coefficient (Wildman–Crippen LogP) is 2.82. The number of halogens is 1. The molecule has 2 aromatic carbocycles. The minimum Gasteiger partial charge on any atom is -0.315 e. The number of benzene rings is 2. The van der Waals surface area contributed by atoms with Gasteiger partial charge in [-0.25, -0.2) is 4.39 Å². The molecule has 0 radical (unpaired) electrons. The van der Waals surface area contributed by atoms with E-state index in [1.807, 2.05) is 18.2 Å². The maximum absolute atomic E-state index is 12.6. The molecule has 88 valence electrons. The van der Waals surface area contributed by atoms with Gasteiger partial charge in [-0.3, -0.25) is 4.79 Å². The summed E-state index contributed by atoms with van der Waals surface area (Å²) in [7, 11) is 0. The van der Waals surface area contributed by atoms with E-state index in [0.717, 1.165) is 0 Å². The van der Waals surface area contributed by atoms with E-state index < -0.39 is 5.91 Å². The fraction of sp³-hybridized carbons (Fsp3) is 0. The van der Waals surface area contributed by atoms with Gasteiger partial charge in [0.2, 0.25) is 0 Å². The number of anilines is 1. The Kier molecular flexibility index (Phi) is 3.72. The molecule has 0 aromatic heterocycles. The molecule has 2 nitrogen and oxygen atoms in total. The Bertz CT molecular complexity index is 594. The highest BCUT2D eigenvalue weighted by Gasteiger charge is 1.96. The fourth-order valence-electron chi connectivity index (χ4n) is 1.35. The van der Waals surface area contributed by atoms with E-state index in [-0.39, 0.29) is 5.82 Å². The van der Waals surface area contributed by atoms with Crippen molar-refractivity contribution < 1.29 is 9.18 Å². The van der Waals surface area contributed by atoms with Crippen LogP contribution in [0, 0.1) is 17.7 Å². The quantitative estimate of drug-likeness (QED) is 0.762. The minimum absolute atomic E-state index is 0.325. The molecule has 0 bridgehead atoms. The van der Waals surface area contributed by atoms with Gasteiger partial charge in [0, 0.05) is 17.2 Å². The van der Waals surface area contributed by atoms with Gasteiger partial charge in [0.1, 0.15) is 5.82 Å². The second-order valence-electron chi connectivity index (χ2n) is 3.58. The van der Waals surface area contributed by atoms with Crippen molar-refractivity contribution in [3.05, 3.63) is 66.0 Å². The molecule has 18 heavy (non-hydrogen) atoms. The Morgan fingerprint density at radius 2 is 1.67 bits per heavy atom. The van der Waals surface area contributed by atoms with Crippen molar-refractivity contribution in [2.75, 3.05) is 5.32 Å². The lowest BCUT2D eigenvalue weighted by Gasteiger charge is -1.98. The van der Waals surface area contributed by atoms with E-state index >= 15 is 0 Å². The SMILES string of the molecule is O=C(C#Cc1ccc(F)cc1)Nc1ccccc1. The Labute approximate surface area is 104 Å². The molecule has 0 unspecified atom stereocenters. The van der Waals surface area contributed by atoms with Gasteiger partial charge in [0.25, 0.3) is 0 Å². The van der Waals surface area contributed by atoms with Gasteiger partial charge in [-0.1, -0.05) is 24.1 Å². The summed E-state index contributed by atoms with van der Waals surface area (Å²) in [6.07, 6.45) is 0. The minimum atomic E-state index is -0.398. The van der Waals surface area contributed by atoms with Crippen LogP contribution in [0.15, 0.2) is 54.6 Å². The lowest BCUT2D eigenvalue weighted by Crippen LogP contribution is -2.08. The summed E-state index contributed by atoms with van der Waals surface area (Å²) in [5.74, 6) is 4.39. The third kappa shape index (κ3) is 3.46. The average molecular weight is 239 g/mol. The zero-order chi connectivity index (χ0) is 12.8. The van der Waals surface area contributed by atoms with Crippen LogP contribution in [-0.2, 0) is 4.79 Å². The third-order valence-corrected chi connectivity index (χ3v) is 2.20. The Balaban J connectivity index is 2.02. The lowest BCUT2D eigenvalue weighted by atomic mass is 10.2. The van der Waals surface area contributed by atoms with Gasteiger partial charge in [-0.2, -0.15) is 0 Å². The number of para-hydroxylation sites is 1. The molecule has 3 heteroatoms. The highest BCUT2D eigenvalue weighted by Crippen LogP contribution is 2.04. The first-order valence-corrected chi connectivity index (χ1v) is 5.38. The van der Waals surface area contributed by atoms with E-state index in [0.29, 0.717) is 11.3 Å². The molecule has 0 atom stereocenters. The Morgan fingerprint density at radius 3 is 2.33 bits per heavy atom. The maximum atomic E-state index is 12.6. The van der Waals surface area contributed by atoms with Gasteiger partial charge in [0.05, 0.1) is 0 Å². The zero-order valence-electron chi connectivity index (χ0n) is 9.48. The van der Waals surface area contributed by atoms with Crippen molar-refractivity contribution in [3.63, 3.8) is 0 Å². The second-order valence-corrected chi connectivity index (χ2v) is 3.58. The van der Waals surface area contributed by atoms with Crippen molar-refractivity contribution >= 4 is 11.6 Å². The third-order valence-electron chi connectivity index (χ3n) is 2.20. The number of rotatable bonds is 1. The molecular weight excluding hydrogens is 229 g/mol. The highest BCUT2D eigenvalue weighted by molar-refractivity contribution is 6.04. The van der Waals surface area contributed by atoms with Crippen LogP contribution in [0.1, 0.15) is 5.56 Å². The zero-order valence-corrected chi connectivity index (χ0v) is 9.48. The van der Waals surface area contributed by atoms with E-state index in [1.165, 1.54) is 24.3 Å². The molecule has 1 amide bonds. The van der Waals surface area contributed by atoms with Gasteiger partial charge in [-0.15, -0.1) is 0 Å². The number of nitrogens with one attached hydrogen (secondary N) is 1. The summed E-state index contributed by atoms with van der Waals surface area (Å²) in [5.41, 5.74) is 1.29. The predicted molar refractivity (Wildman–Crippen MR) is 68.3 cm³/mol. The van der Waals surface area contributed by atoms with Crippen molar-refractivity contribution in [1.29, 1.82) is 0 Å². The van der Waals surface area contributed by atoms with Crippen molar-refractivity contribution in [2.45, 2.75) is 0 Å². The number of amides is 1. The van der Waals surface area contributed by atoms with Crippen LogP contribution in [0.4, 0.5) is 10.1 Å². The Hall–Kier alpha value is -2.60. The van der Waals surface area contributed by atoms with E-state index in [9.17, 15) is 9.18 Å². The van der Waals surface area contributed by atoms with Crippen molar-refractivity contribution in [1.82, 2.24) is 0 Å². The molecule has 2 aromatic rings. The number of carbonyl (C=O) groups is 1. The molecule has 2 rings (SSSR count). The molecule has 1 N–H and O–H groups in total. The fourth-order valence-corrected chi connectivity index (χ4v) is 1.35. The summed E-state index contributed by atoms with van der Waals surface area (Å²) in [5, 5.41) is 2.64. The van der Waals surface area contributed by atoms with E-state index in [4.69, 9.17) is 0 Å². The molecular formula is C15H10FNO. The Morgan fingerprint density at radius 1 is 1.00 bits per heavy atom. The number of hydrogen-bond acceptors (Lipinski definition) is 1. The van der Waals surface area contributed by atoms with Crippen LogP contribution in [0.3, 0.4) is 0 Å². The molecule has 0 fully saturated rings. The molecule has 0 spiro atoms. The van der Waals surface area contributed by atoms with Gasteiger partial charge < -0.3 is 5.32 Å². The first-order chi connectivity index (χ1) is 8.74. The summed E-state index contributed by atoms with van der Waals surface area (Å²) in [4.78, 5) is 11.5. The van der Waals surface area contributed by atoms with Crippen molar-refractivity contribution in [2.24, 2.45) is 0 Å². The average Bonchev–Trinajstić information content (AvgIpc) is 2.39. The first kappa shape index (κ1) is 11.9. The summed E-state index contributed by atoms with van der Waals surface area (Å²) >= 11 is 0. The molecule has 0 saturated carbocycles. The molecule has 0 aliphatic rings. The van der Waals surface area contributed by atoms with Crippen molar-refractivity contribution in [3.8, 4) is 11.8 Å². The van der Waals surface area contributed by atoms with Crippen LogP contribution in [-0.4, -0.2) is 5.91 Å². The van der Waals surface area contributed by atoms with Crippen LogP contribution in [0.25, 0.3) is 0 Å². The van der Waals surface area contributed by atoms with E-state index in [1.54, 1.807) is 12.1 Å². The van der Waals surface area contributed by atoms with Gasteiger partial charge >= 0.3 is 5.91 Å². The largest absolute Gasteiger partial charge is 0.315 e. The monoisotopic (exact) mass is 239 g/mol. The lowest BCUT2D eigenvalue weighted by molar-refractivity contribution is -0.111. The topological polar surface area (TPSA) is 29.1 Å². The molecule has 0 aliphatic carbocycles. The highest BCUT2D eigenvalue weighted by atomic mass is 19.1. The molecule has 0 saturated heterocycles. The van der Waals surface area contributed by atoms with E-state index in [2.05, 4.69) is 17.2 Å². The van der Waals surface area contributed by atoms with Crippen LogP contribution >= 0.6 is 0 Å².